The number of carbonyl (C=O) groups is 3. The van der Waals surface area contributed by atoms with Crippen LogP contribution < -0.4 is 0 Å². The van der Waals surface area contributed by atoms with E-state index >= 15 is 0 Å². The van der Waals surface area contributed by atoms with E-state index in [4.69, 9.17) is 14.2 Å². The highest BCUT2D eigenvalue weighted by atomic mass is 16.6. The first-order valence-electron chi connectivity index (χ1n) is 31.3. The molecule has 0 aromatic rings. The van der Waals surface area contributed by atoms with Crippen LogP contribution in [0.2, 0.25) is 0 Å². The Bertz CT molecular complexity index is 1460. The summed E-state index contributed by atoms with van der Waals surface area (Å²) in [5.41, 5.74) is 0. The predicted molar refractivity (Wildman–Crippen MR) is 320 cm³/mol. The molecule has 0 fully saturated rings. The Balaban J connectivity index is 4.46. The van der Waals surface area contributed by atoms with E-state index in [9.17, 15) is 14.4 Å². The van der Waals surface area contributed by atoms with Crippen molar-refractivity contribution in [1.82, 2.24) is 0 Å². The molecule has 0 saturated heterocycles. The van der Waals surface area contributed by atoms with Crippen molar-refractivity contribution < 1.29 is 28.6 Å². The number of rotatable bonds is 56. The van der Waals surface area contributed by atoms with E-state index in [0.29, 0.717) is 19.3 Å². The topological polar surface area (TPSA) is 78.9 Å². The third kappa shape index (κ3) is 59.2. The van der Waals surface area contributed by atoms with Crippen molar-refractivity contribution in [3.8, 4) is 0 Å². The van der Waals surface area contributed by atoms with E-state index in [1.807, 2.05) is 0 Å². The number of unbranched alkanes of at least 4 members (excludes halogenated alkanes) is 30. The Labute approximate surface area is 457 Å². The van der Waals surface area contributed by atoms with Gasteiger partial charge >= 0.3 is 17.9 Å². The van der Waals surface area contributed by atoms with Crippen LogP contribution in [-0.4, -0.2) is 37.2 Å². The molecule has 0 aliphatic carbocycles. The highest BCUT2D eigenvalue weighted by Crippen LogP contribution is 2.15. The summed E-state index contributed by atoms with van der Waals surface area (Å²) in [6.07, 6.45) is 82.6. The van der Waals surface area contributed by atoms with Crippen LogP contribution in [0, 0.1) is 0 Å². The summed E-state index contributed by atoms with van der Waals surface area (Å²) < 4.78 is 16.9. The summed E-state index contributed by atoms with van der Waals surface area (Å²) in [7, 11) is 0. The van der Waals surface area contributed by atoms with Crippen molar-refractivity contribution in [3.05, 3.63) is 97.2 Å². The van der Waals surface area contributed by atoms with Crippen LogP contribution in [0.15, 0.2) is 97.2 Å². The fourth-order valence-corrected chi connectivity index (χ4v) is 8.63. The van der Waals surface area contributed by atoms with Crippen LogP contribution in [0.4, 0.5) is 0 Å². The second-order valence-electron chi connectivity index (χ2n) is 20.6. The molecule has 0 heterocycles. The average molecular weight is 1030 g/mol. The fourth-order valence-electron chi connectivity index (χ4n) is 8.63. The van der Waals surface area contributed by atoms with Crippen molar-refractivity contribution in [2.75, 3.05) is 13.2 Å². The quantitative estimate of drug-likeness (QED) is 0.0199. The second kappa shape index (κ2) is 61.9. The van der Waals surface area contributed by atoms with E-state index < -0.39 is 6.10 Å². The molecule has 0 aliphatic heterocycles. The predicted octanol–water partition coefficient (Wildman–Crippen LogP) is 21.3. The molecule has 6 nitrogen and oxygen atoms in total. The molecule has 0 rings (SSSR count). The van der Waals surface area contributed by atoms with Gasteiger partial charge in [0.25, 0.3) is 0 Å². The number of hydrogen-bond donors (Lipinski definition) is 0. The van der Waals surface area contributed by atoms with Crippen molar-refractivity contribution in [1.29, 1.82) is 0 Å². The lowest BCUT2D eigenvalue weighted by atomic mass is 10.1. The maximum atomic E-state index is 12.9. The van der Waals surface area contributed by atoms with Gasteiger partial charge in [-0.1, -0.05) is 259 Å². The maximum Gasteiger partial charge on any atom is 0.306 e. The van der Waals surface area contributed by atoms with Crippen LogP contribution in [0.1, 0.15) is 297 Å². The summed E-state index contributed by atoms with van der Waals surface area (Å²) in [4.78, 5) is 38.3. The van der Waals surface area contributed by atoms with E-state index in [2.05, 4.69) is 118 Å². The maximum absolute atomic E-state index is 12.9. The fraction of sp³-hybridized carbons (Fsp3) is 0.721. The minimum atomic E-state index is -0.799. The summed E-state index contributed by atoms with van der Waals surface area (Å²) >= 11 is 0. The summed E-state index contributed by atoms with van der Waals surface area (Å²) in [6.45, 7) is 6.49. The van der Waals surface area contributed by atoms with Crippen LogP contribution in [-0.2, 0) is 28.6 Å². The number of ether oxygens (including phenoxy) is 3. The summed E-state index contributed by atoms with van der Waals surface area (Å²) in [6, 6.07) is 0. The zero-order valence-electron chi connectivity index (χ0n) is 48.6. The van der Waals surface area contributed by atoms with Gasteiger partial charge in [0.1, 0.15) is 13.2 Å². The minimum Gasteiger partial charge on any atom is -0.462 e. The van der Waals surface area contributed by atoms with Crippen molar-refractivity contribution in [2.45, 2.75) is 303 Å². The van der Waals surface area contributed by atoms with Gasteiger partial charge in [-0.3, -0.25) is 14.4 Å². The molecule has 74 heavy (non-hydrogen) atoms. The van der Waals surface area contributed by atoms with Gasteiger partial charge in [0.05, 0.1) is 0 Å². The molecule has 0 amide bonds. The van der Waals surface area contributed by atoms with Gasteiger partial charge in [-0.2, -0.15) is 0 Å². The molecule has 424 valence electrons. The standard InChI is InChI=1S/C68H116O6/c1-4-7-10-13-16-19-22-25-28-31-34-37-40-43-46-49-52-55-58-61-67(70)73-64-65(63-72-66(69)60-57-54-51-48-45-42-39-36-33-30-27-24-21-18-15-12-9-6-3)74-68(71)62-59-56-53-50-47-44-41-38-35-32-29-26-23-20-17-14-11-8-5-2/h7,10,16-17,19-20,23,25-26,28,34,36-37,39,43,46,65H,4-6,8-9,11-15,18,21-22,24,27,29-33,35,38,40-42,44-45,47-64H2,1-3H3/b10-7-,19-16-,20-17-,26-23-,28-25-,37-34-,39-36-,46-43-. The molecule has 1 unspecified atom stereocenters. The van der Waals surface area contributed by atoms with Gasteiger partial charge in [0.2, 0.25) is 0 Å². The molecular weight excluding hydrogens is 913 g/mol. The molecule has 0 bridgehead atoms. The summed E-state index contributed by atoms with van der Waals surface area (Å²) in [5.74, 6) is -0.929. The largest absolute Gasteiger partial charge is 0.462 e. The third-order valence-electron chi connectivity index (χ3n) is 13.3. The van der Waals surface area contributed by atoms with E-state index in [1.165, 1.54) is 154 Å². The van der Waals surface area contributed by atoms with Gasteiger partial charge in [-0.15, -0.1) is 0 Å². The molecule has 0 aliphatic rings. The number of esters is 3. The Morgan fingerprint density at radius 1 is 0.297 bits per heavy atom. The van der Waals surface area contributed by atoms with Gasteiger partial charge < -0.3 is 14.2 Å². The average Bonchev–Trinajstić information content (AvgIpc) is 3.40. The zero-order chi connectivity index (χ0) is 53.6. The lowest BCUT2D eigenvalue weighted by Crippen LogP contribution is -2.30. The highest BCUT2D eigenvalue weighted by Gasteiger charge is 2.19. The highest BCUT2D eigenvalue weighted by molar-refractivity contribution is 5.71. The SMILES string of the molecule is CC/C=C\C/C=C\C/C=C\C/C=C\C/C=C\CCCCCC(=O)OCC(COC(=O)CCCCCCC/C=C\CCCCCCCCCCC)OC(=O)CCCCCCCCCCCC/C=C\C=C/CCCCC. The first-order chi connectivity index (χ1) is 36.5. The Morgan fingerprint density at radius 3 is 0.959 bits per heavy atom. The van der Waals surface area contributed by atoms with Crippen LogP contribution in [0.3, 0.4) is 0 Å². The molecule has 0 aromatic carbocycles. The molecule has 0 N–H and O–H groups in total. The van der Waals surface area contributed by atoms with Crippen molar-refractivity contribution >= 4 is 17.9 Å². The zero-order valence-corrected chi connectivity index (χ0v) is 48.6. The summed E-state index contributed by atoms with van der Waals surface area (Å²) in [5, 5.41) is 0. The van der Waals surface area contributed by atoms with E-state index in [1.54, 1.807) is 0 Å². The molecular formula is C68H116O6. The van der Waals surface area contributed by atoms with Crippen LogP contribution >= 0.6 is 0 Å². The van der Waals surface area contributed by atoms with Gasteiger partial charge in [-0.05, 0) is 116 Å². The smallest absolute Gasteiger partial charge is 0.306 e. The Morgan fingerprint density at radius 2 is 0.568 bits per heavy atom. The molecule has 0 radical (unpaired) electrons. The number of allylic oxidation sites excluding steroid dienone is 16. The number of hydrogen-bond acceptors (Lipinski definition) is 6. The molecule has 0 spiro atoms. The van der Waals surface area contributed by atoms with Gasteiger partial charge in [0.15, 0.2) is 6.10 Å². The Kier molecular flexibility index (Phi) is 58.8. The minimum absolute atomic E-state index is 0.0935. The molecule has 1 atom stereocenters. The first-order valence-corrected chi connectivity index (χ1v) is 31.3. The van der Waals surface area contributed by atoms with Crippen molar-refractivity contribution in [3.63, 3.8) is 0 Å². The van der Waals surface area contributed by atoms with Crippen molar-refractivity contribution in [2.24, 2.45) is 0 Å². The normalized spacial score (nSPS) is 12.7. The van der Waals surface area contributed by atoms with Crippen LogP contribution in [0.5, 0.6) is 0 Å². The van der Waals surface area contributed by atoms with E-state index in [0.717, 1.165) is 103 Å². The lowest BCUT2D eigenvalue weighted by Gasteiger charge is -2.18. The monoisotopic (exact) mass is 1030 g/mol. The lowest BCUT2D eigenvalue weighted by molar-refractivity contribution is -0.167. The first kappa shape index (κ1) is 70.3. The molecule has 6 heteroatoms. The van der Waals surface area contributed by atoms with Crippen LogP contribution in [0.25, 0.3) is 0 Å². The molecule has 0 aromatic heterocycles. The Hall–Kier alpha value is -3.67. The number of carbonyl (C=O) groups excluding carboxylic acids is 3. The third-order valence-corrected chi connectivity index (χ3v) is 13.3. The molecule has 0 saturated carbocycles. The van der Waals surface area contributed by atoms with Gasteiger partial charge in [0, 0.05) is 19.3 Å². The van der Waals surface area contributed by atoms with Gasteiger partial charge in [-0.25, -0.2) is 0 Å². The second-order valence-corrected chi connectivity index (χ2v) is 20.6. The van der Waals surface area contributed by atoms with E-state index in [-0.39, 0.29) is 31.1 Å².